The van der Waals surface area contributed by atoms with Gasteiger partial charge in [-0.1, -0.05) is 41.4 Å². The van der Waals surface area contributed by atoms with E-state index in [1.165, 1.54) is 12.1 Å². The normalized spacial score (nSPS) is 10.2. The predicted molar refractivity (Wildman–Crippen MR) is 87.5 cm³/mol. The van der Waals surface area contributed by atoms with Gasteiger partial charge in [-0.05, 0) is 24.3 Å². The predicted octanol–water partition coefficient (Wildman–Crippen LogP) is 3.29. The van der Waals surface area contributed by atoms with Crippen molar-refractivity contribution in [2.24, 2.45) is 0 Å². The summed E-state index contributed by atoms with van der Waals surface area (Å²) in [6.07, 6.45) is 0. The third-order valence-corrected chi connectivity index (χ3v) is 3.65. The summed E-state index contributed by atoms with van der Waals surface area (Å²) in [5, 5.41) is 5.47. The first-order valence-electron chi connectivity index (χ1n) is 6.75. The third kappa shape index (κ3) is 4.43. The van der Waals surface area contributed by atoms with Crippen LogP contribution in [0.15, 0.2) is 42.5 Å². The molecule has 2 aromatic carbocycles. The van der Waals surface area contributed by atoms with Crippen LogP contribution in [0.5, 0.6) is 0 Å². The highest BCUT2D eigenvalue weighted by atomic mass is 35.5. The van der Waals surface area contributed by atoms with Gasteiger partial charge >= 0.3 is 0 Å². The second kappa shape index (κ2) is 7.94. The molecular formula is C16H13Cl2FN2O2. The minimum atomic E-state index is -0.699. The molecule has 0 saturated carbocycles. The van der Waals surface area contributed by atoms with Crippen LogP contribution in [0.2, 0.25) is 10.0 Å². The molecule has 0 spiro atoms. The van der Waals surface area contributed by atoms with Crippen molar-refractivity contribution in [1.29, 1.82) is 0 Å². The molecule has 0 fully saturated rings. The van der Waals surface area contributed by atoms with Gasteiger partial charge in [0.15, 0.2) is 0 Å². The Morgan fingerprint density at radius 3 is 2.13 bits per heavy atom. The quantitative estimate of drug-likeness (QED) is 0.809. The van der Waals surface area contributed by atoms with E-state index < -0.39 is 11.7 Å². The smallest absolute Gasteiger partial charge is 0.255 e. The molecule has 0 heterocycles. The molecule has 0 aliphatic carbocycles. The second-order valence-corrected chi connectivity index (χ2v) is 5.40. The first kappa shape index (κ1) is 17.2. The zero-order valence-electron chi connectivity index (χ0n) is 11.9. The highest BCUT2D eigenvalue weighted by Crippen LogP contribution is 2.18. The lowest BCUT2D eigenvalue weighted by atomic mass is 10.2. The van der Waals surface area contributed by atoms with E-state index in [-0.39, 0.29) is 29.6 Å². The summed E-state index contributed by atoms with van der Waals surface area (Å²) in [5.41, 5.74) is 0.129. The van der Waals surface area contributed by atoms with Crippen molar-refractivity contribution in [3.63, 3.8) is 0 Å². The van der Waals surface area contributed by atoms with E-state index in [1.807, 2.05) is 0 Å². The summed E-state index contributed by atoms with van der Waals surface area (Å²) in [4.78, 5) is 23.8. The Balaban J connectivity index is 1.85. The van der Waals surface area contributed by atoms with E-state index in [9.17, 15) is 14.0 Å². The number of hydrogen-bond acceptors (Lipinski definition) is 2. The number of carbonyl (C=O) groups excluding carboxylic acids is 2. The molecule has 2 N–H and O–H groups in total. The maximum absolute atomic E-state index is 13.6. The van der Waals surface area contributed by atoms with Gasteiger partial charge in [-0.25, -0.2) is 4.39 Å². The van der Waals surface area contributed by atoms with Crippen molar-refractivity contribution < 1.29 is 14.0 Å². The van der Waals surface area contributed by atoms with Crippen LogP contribution in [0.25, 0.3) is 0 Å². The molecule has 2 amide bonds. The molecule has 0 atom stereocenters. The summed E-state index contributed by atoms with van der Waals surface area (Å²) < 4.78 is 13.6. The average Bonchev–Trinajstić information content (AvgIpc) is 2.51. The average molecular weight is 355 g/mol. The van der Waals surface area contributed by atoms with Crippen molar-refractivity contribution in [2.75, 3.05) is 13.1 Å². The van der Waals surface area contributed by atoms with E-state index in [0.29, 0.717) is 10.6 Å². The van der Waals surface area contributed by atoms with Crippen molar-refractivity contribution >= 4 is 35.0 Å². The number of hydrogen-bond donors (Lipinski definition) is 2. The highest BCUT2D eigenvalue weighted by molar-refractivity contribution is 6.34. The Hall–Kier alpha value is -2.11. The van der Waals surface area contributed by atoms with Gasteiger partial charge < -0.3 is 10.6 Å². The number of rotatable bonds is 5. The van der Waals surface area contributed by atoms with Crippen LogP contribution in [-0.4, -0.2) is 24.9 Å². The zero-order valence-corrected chi connectivity index (χ0v) is 13.4. The fraction of sp³-hybridized carbons (Fsp3) is 0.125. The molecule has 2 aromatic rings. The summed E-state index contributed by atoms with van der Waals surface area (Å²) in [6, 6.07) is 10.6. The van der Waals surface area contributed by atoms with Gasteiger partial charge in [-0.15, -0.1) is 0 Å². The molecular weight excluding hydrogens is 342 g/mol. The highest BCUT2D eigenvalue weighted by Gasteiger charge is 2.15. The monoisotopic (exact) mass is 354 g/mol. The molecule has 4 nitrogen and oxygen atoms in total. The van der Waals surface area contributed by atoms with Gasteiger partial charge in [0.2, 0.25) is 0 Å². The van der Waals surface area contributed by atoms with E-state index in [4.69, 9.17) is 23.2 Å². The third-order valence-electron chi connectivity index (χ3n) is 3.00. The maximum atomic E-state index is 13.6. The maximum Gasteiger partial charge on any atom is 0.255 e. The number of benzene rings is 2. The fourth-order valence-corrected chi connectivity index (χ4v) is 2.37. The first-order chi connectivity index (χ1) is 11.0. The van der Waals surface area contributed by atoms with Gasteiger partial charge in [0.25, 0.3) is 11.8 Å². The molecule has 0 aromatic heterocycles. The molecule has 0 aliphatic rings. The summed E-state index contributed by atoms with van der Waals surface area (Å²) in [5.74, 6) is -1.69. The molecule has 23 heavy (non-hydrogen) atoms. The van der Waals surface area contributed by atoms with E-state index in [2.05, 4.69) is 10.6 Å². The van der Waals surface area contributed by atoms with E-state index in [1.54, 1.807) is 24.3 Å². The molecule has 0 aliphatic heterocycles. The number of halogens is 3. The summed E-state index contributed by atoms with van der Waals surface area (Å²) in [7, 11) is 0. The summed E-state index contributed by atoms with van der Waals surface area (Å²) in [6.45, 7) is 0.293. The summed E-state index contributed by atoms with van der Waals surface area (Å²) >= 11 is 11.7. The Bertz CT molecular complexity index is 718. The van der Waals surface area contributed by atoms with Crippen LogP contribution in [0, 0.1) is 5.82 Å². The van der Waals surface area contributed by atoms with Gasteiger partial charge in [0, 0.05) is 13.1 Å². The number of nitrogens with one attached hydrogen (secondary N) is 2. The van der Waals surface area contributed by atoms with E-state index >= 15 is 0 Å². The molecule has 2 rings (SSSR count). The fourth-order valence-electron chi connectivity index (χ4n) is 1.90. The molecule has 0 unspecified atom stereocenters. The lowest BCUT2D eigenvalue weighted by molar-refractivity contribution is 0.0925. The molecule has 7 heteroatoms. The number of carbonyl (C=O) groups is 2. The van der Waals surface area contributed by atoms with Gasteiger partial charge in [-0.2, -0.15) is 0 Å². The van der Waals surface area contributed by atoms with Crippen molar-refractivity contribution in [1.82, 2.24) is 10.6 Å². The van der Waals surface area contributed by atoms with Gasteiger partial charge in [0.1, 0.15) is 5.82 Å². The van der Waals surface area contributed by atoms with Crippen LogP contribution in [-0.2, 0) is 0 Å². The van der Waals surface area contributed by atoms with E-state index in [0.717, 1.165) is 6.07 Å². The van der Waals surface area contributed by atoms with Gasteiger partial charge in [-0.3, -0.25) is 9.59 Å². The first-order valence-corrected chi connectivity index (χ1v) is 7.51. The van der Waals surface area contributed by atoms with Crippen LogP contribution < -0.4 is 10.6 Å². The second-order valence-electron chi connectivity index (χ2n) is 4.59. The van der Waals surface area contributed by atoms with Crippen LogP contribution in [0.1, 0.15) is 20.7 Å². The SMILES string of the molecule is O=C(NCCNC(=O)c1c(F)cccc1Cl)c1ccccc1Cl. The molecule has 0 radical (unpaired) electrons. The standard InChI is InChI=1S/C16H13Cl2FN2O2/c17-11-5-2-1-4-10(11)15(22)20-8-9-21-16(23)14-12(18)6-3-7-13(14)19/h1-7H,8-9H2,(H,20,22)(H,21,23). The topological polar surface area (TPSA) is 58.2 Å². The molecule has 120 valence electrons. The number of amides is 2. The van der Waals surface area contributed by atoms with Crippen LogP contribution in [0.4, 0.5) is 4.39 Å². The van der Waals surface area contributed by atoms with Crippen LogP contribution >= 0.6 is 23.2 Å². The molecule has 0 saturated heterocycles. The Kier molecular flexibility index (Phi) is 5.96. The largest absolute Gasteiger partial charge is 0.350 e. The Morgan fingerprint density at radius 2 is 1.48 bits per heavy atom. The minimum absolute atomic E-state index is 0.0302. The van der Waals surface area contributed by atoms with Crippen molar-refractivity contribution in [3.8, 4) is 0 Å². The lowest BCUT2D eigenvalue weighted by Crippen LogP contribution is -2.35. The molecule has 0 bridgehead atoms. The van der Waals surface area contributed by atoms with Crippen molar-refractivity contribution in [3.05, 3.63) is 69.5 Å². The zero-order chi connectivity index (χ0) is 16.8. The van der Waals surface area contributed by atoms with Crippen molar-refractivity contribution in [2.45, 2.75) is 0 Å². The Morgan fingerprint density at radius 1 is 0.870 bits per heavy atom. The Labute approximate surface area is 142 Å². The lowest BCUT2D eigenvalue weighted by Gasteiger charge is -2.09. The minimum Gasteiger partial charge on any atom is -0.350 e. The van der Waals surface area contributed by atoms with Gasteiger partial charge in [0.05, 0.1) is 21.2 Å². The van der Waals surface area contributed by atoms with Crippen LogP contribution in [0.3, 0.4) is 0 Å².